The molecule has 0 radical (unpaired) electrons. The maximum atomic E-state index is 12.3. The molecule has 0 bridgehead atoms. The summed E-state index contributed by atoms with van der Waals surface area (Å²) in [5.74, 6) is 0.112. The molecule has 2 aliphatic rings. The van der Waals surface area contributed by atoms with Crippen LogP contribution < -0.4 is 10.2 Å². The first-order chi connectivity index (χ1) is 11.0. The number of carbonyl (C=O) groups is 2. The molecule has 7 heteroatoms. The Balaban J connectivity index is 1.68. The SMILES string of the molecule is CN(C)C1CN(C(=O)Nc2cc(N3CCCC3=O)ccc2Cl)C1. The van der Waals surface area contributed by atoms with Crippen LogP contribution in [0.15, 0.2) is 18.2 Å². The molecule has 0 saturated carbocycles. The number of urea groups is 1. The molecule has 1 aromatic rings. The van der Waals surface area contributed by atoms with Crippen LogP contribution in [-0.4, -0.2) is 61.5 Å². The van der Waals surface area contributed by atoms with Gasteiger partial charge >= 0.3 is 6.03 Å². The minimum Gasteiger partial charge on any atom is -0.321 e. The van der Waals surface area contributed by atoms with Gasteiger partial charge in [-0.3, -0.25) is 4.79 Å². The van der Waals surface area contributed by atoms with E-state index in [0.29, 0.717) is 42.8 Å². The highest BCUT2D eigenvalue weighted by Crippen LogP contribution is 2.30. The number of benzene rings is 1. The molecule has 124 valence electrons. The van der Waals surface area contributed by atoms with Crippen molar-refractivity contribution in [1.29, 1.82) is 0 Å². The first-order valence-electron chi connectivity index (χ1n) is 7.78. The molecule has 0 spiro atoms. The molecule has 2 aliphatic heterocycles. The van der Waals surface area contributed by atoms with E-state index in [-0.39, 0.29) is 11.9 Å². The summed E-state index contributed by atoms with van der Waals surface area (Å²) in [5, 5.41) is 3.32. The van der Waals surface area contributed by atoms with Crippen molar-refractivity contribution in [2.75, 3.05) is 43.9 Å². The summed E-state index contributed by atoms with van der Waals surface area (Å²) in [4.78, 5) is 29.7. The number of halogens is 1. The highest BCUT2D eigenvalue weighted by Gasteiger charge is 2.32. The average molecular weight is 337 g/mol. The molecule has 2 saturated heterocycles. The first kappa shape index (κ1) is 16.1. The molecule has 1 aromatic carbocycles. The number of rotatable bonds is 3. The molecule has 0 atom stereocenters. The predicted octanol–water partition coefficient (Wildman–Crippen LogP) is 2.24. The van der Waals surface area contributed by atoms with Crippen molar-refractivity contribution in [2.24, 2.45) is 0 Å². The zero-order valence-corrected chi connectivity index (χ0v) is 14.1. The van der Waals surface area contributed by atoms with Crippen LogP contribution in [0.1, 0.15) is 12.8 Å². The standard InChI is InChI=1S/C16H21ClN4O2/c1-19(2)12-9-20(10-12)16(23)18-14-8-11(5-6-13(14)17)21-7-3-4-15(21)22/h5-6,8,12H,3-4,7,9-10H2,1-2H3,(H,18,23). The molecular formula is C16H21ClN4O2. The lowest BCUT2D eigenvalue weighted by molar-refractivity contribution is -0.117. The van der Waals surface area contributed by atoms with E-state index in [1.807, 2.05) is 20.2 Å². The highest BCUT2D eigenvalue weighted by atomic mass is 35.5. The number of hydrogen-bond donors (Lipinski definition) is 1. The zero-order valence-electron chi connectivity index (χ0n) is 13.4. The zero-order chi connectivity index (χ0) is 16.6. The van der Waals surface area contributed by atoms with E-state index in [0.717, 1.165) is 12.1 Å². The van der Waals surface area contributed by atoms with E-state index in [4.69, 9.17) is 11.6 Å². The van der Waals surface area contributed by atoms with Crippen LogP contribution in [0.2, 0.25) is 5.02 Å². The topological polar surface area (TPSA) is 55.9 Å². The molecule has 0 aliphatic carbocycles. The van der Waals surface area contributed by atoms with Gasteiger partial charge in [-0.05, 0) is 38.7 Å². The number of likely N-dealkylation sites (N-methyl/N-ethyl adjacent to an activating group) is 1. The second-order valence-corrected chi connectivity index (χ2v) is 6.67. The van der Waals surface area contributed by atoms with E-state index in [1.165, 1.54) is 0 Å². The molecular weight excluding hydrogens is 316 g/mol. The minimum atomic E-state index is -0.158. The third-order valence-electron chi connectivity index (χ3n) is 4.46. The van der Waals surface area contributed by atoms with Gasteiger partial charge in [0.15, 0.2) is 0 Å². The summed E-state index contributed by atoms with van der Waals surface area (Å²) in [6.45, 7) is 2.13. The second kappa shape index (κ2) is 6.37. The number of hydrogen-bond acceptors (Lipinski definition) is 3. The summed E-state index contributed by atoms with van der Waals surface area (Å²) in [6, 6.07) is 5.55. The highest BCUT2D eigenvalue weighted by molar-refractivity contribution is 6.33. The molecule has 1 N–H and O–H groups in total. The Labute approximate surface area is 141 Å². The predicted molar refractivity (Wildman–Crippen MR) is 91.1 cm³/mol. The molecule has 2 heterocycles. The Morgan fingerprint density at radius 2 is 2.09 bits per heavy atom. The van der Waals surface area contributed by atoms with Gasteiger partial charge in [0.2, 0.25) is 5.91 Å². The van der Waals surface area contributed by atoms with Gasteiger partial charge in [-0.2, -0.15) is 0 Å². The van der Waals surface area contributed by atoms with Crippen molar-refractivity contribution >= 4 is 34.9 Å². The normalized spacial score (nSPS) is 18.5. The molecule has 23 heavy (non-hydrogen) atoms. The quantitative estimate of drug-likeness (QED) is 0.921. The summed E-state index contributed by atoms with van der Waals surface area (Å²) in [7, 11) is 4.01. The van der Waals surface area contributed by atoms with Gasteiger partial charge in [-0.25, -0.2) is 4.79 Å². The first-order valence-corrected chi connectivity index (χ1v) is 8.16. The van der Waals surface area contributed by atoms with Crippen LogP contribution in [0.25, 0.3) is 0 Å². The maximum Gasteiger partial charge on any atom is 0.321 e. The Hall–Kier alpha value is -1.79. The van der Waals surface area contributed by atoms with Crippen LogP contribution >= 0.6 is 11.6 Å². The number of carbonyl (C=O) groups excluding carboxylic acids is 2. The third-order valence-corrected chi connectivity index (χ3v) is 4.79. The van der Waals surface area contributed by atoms with Gasteiger partial charge in [-0.1, -0.05) is 11.6 Å². The van der Waals surface area contributed by atoms with Crippen molar-refractivity contribution in [3.63, 3.8) is 0 Å². The smallest absolute Gasteiger partial charge is 0.321 e. The van der Waals surface area contributed by atoms with Crippen molar-refractivity contribution in [3.8, 4) is 0 Å². The fourth-order valence-electron chi connectivity index (χ4n) is 2.84. The number of nitrogens with one attached hydrogen (secondary N) is 1. The number of nitrogens with zero attached hydrogens (tertiary/aromatic N) is 3. The van der Waals surface area contributed by atoms with Gasteiger partial charge in [-0.15, -0.1) is 0 Å². The summed E-state index contributed by atoms with van der Waals surface area (Å²) in [5.41, 5.74) is 1.32. The van der Waals surface area contributed by atoms with Crippen LogP contribution in [0, 0.1) is 0 Å². The lowest BCUT2D eigenvalue weighted by atomic mass is 10.1. The molecule has 2 fully saturated rings. The lowest BCUT2D eigenvalue weighted by Gasteiger charge is -2.42. The third kappa shape index (κ3) is 3.28. The van der Waals surface area contributed by atoms with Crippen LogP contribution in [-0.2, 0) is 4.79 Å². The number of likely N-dealkylation sites (tertiary alicyclic amines) is 1. The Morgan fingerprint density at radius 3 is 2.70 bits per heavy atom. The minimum absolute atomic E-state index is 0.112. The fourth-order valence-corrected chi connectivity index (χ4v) is 3.00. The second-order valence-electron chi connectivity index (χ2n) is 6.27. The van der Waals surface area contributed by atoms with E-state index in [9.17, 15) is 9.59 Å². The number of anilines is 2. The van der Waals surface area contributed by atoms with Crippen LogP contribution in [0.4, 0.5) is 16.2 Å². The van der Waals surface area contributed by atoms with Crippen LogP contribution in [0.3, 0.4) is 0 Å². The summed E-state index contributed by atoms with van der Waals surface area (Å²) in [6.07, 6.45) is 1.44. The Kier molecular flexibility index (Phi) is 4.46. The van der Waals surface area contributed by atoms with Gasteiger partial charge in [0.25, 0.3) is 0 Å². The van der Waals surface area contributed by atoms with Crippen molar-refractivity contribution in [2.45, 2.75) is 18.9 Å². The average Bonchev–Trinajstić information content (AvgIpc) is 2.85. The van der Waals surface area contributed by atoms with Gasteiger partial charge in [0, 0.05) is 37.8 Å². The van der Waals surface area contributed by atoms with E-state index in [1.54, 1.807) is 21.9 Å². The fraction of sp³-hybridized carbons (Fsp3) is 0.500. The molecule has 6 nitrogen and oxygen atoms in total. The Morgan fingerprint density at radius 1 is 1.35 bits per heavy atom. The van der Waals surface area contributed by atoms with Crippen molar-refractivity contribution in [1.82, 2.24) is 9.80 Å². The van der Waals surface area contributed by atoms with Crippen LogP contribution in [0.5, 0.6) is 0 Å². The van der Waals surface area contributed by atoms with E-state index in [2.05, 4.69) is 10.2 Å². The van der Waals surface area contributed by atoms with E-state index >= 15 is 0 Å². The molecule has 3 rings (SSSR count). The molecule has 0 aromatic heterocycles. The van der Waals surface area contributed by atoms with E-state index < -0.39 is 0 Å². The van der Waals surface area contributed by atoms with Gasteiger partial charge < -0.3 is 20.0 Å². The molecule has 0 unspecified atom stereocenters. The summed E-state index contributed by atoms with van der Waals surface area (Å²) < 4.78 is 0. The van der Waals surface area contributed by atoms with Crippen molar-refractivity contribution in [3.05, 3.63) is 23.2 Å². The number of amides is 3. The molecule has 3 amide bonds. The largest absolute Gasteiger partial charge is 0.321 e. The van der Waals surface area contributed by atoms with Gasteiger partial charge in [0.05, 0.1) is 10.7 Å². The monoisotopic (exact) mass is 336 g/mol. The van der Waals surface area contributed by atoms with Gasteiger partial charge in [0.1, 0.15) is 0 Å². The maximum absolute atomic E-state index is 12.3. The summed E-state index contributed by atoms with van der Waals surface area (Å²) >= 11 is 6.18. The lowest BCUT2D eigenvalue weighted by Crippen LogP contribution is -2.60. The van der Waals surface area contributed by atoms with Crippen molar-refractivity contribution < 1.29 is 9.59 Å². The Bertz CT molecular complexity index is 629.